The first-order chi connectivity index (χ1) is 9.87. The van der Waals surface area contributed by atoms with Crippen molar-refractivity contribution < 1.29 is 19.4 Å². The van der Waals surface area contributed by atoms with Gasteiger partial charge in [0.25, 0.3) is 0 Å². The van der Waals surface area contributed by atoms with Gasteiger partial charge < -0.3 is 14.6 Å². The summed E-state index contributed by atoms with van der Waals surface area (Å²) in [5.41, 5.74) is 3.09. The monoisotopic (exact) mass is 292 g/mol. The molecule has 0 aromatic carbocycles. The third kappa shape index (κ3) is 2.16. The highest BCUT2D eigenvalue weighted by atomic mass is 16.5. The van der Waals surface area contributed by atoms with Crippen LogP contribution in [0.2, 0.25) is 0 Å². The van der Waals surface area contributed by atoms with E-state index >= 15 is 0 Å². The second kappa shape index (κ2) is 4.96. The Morgan fingerprint density at radius 1 is 1.43 bits per heavy atom. The second-order valence-electron chi connectivity index (χ2n) is 6.88. The average molecular weight is 292 g/mol. The smallest absolute Gasteiger partial charge is 0.191 e. The van der Waals surface area contributed by atoms with E-state index in [1.807, 2.05) is 0 Å². The minimum Gasteiger partial charge on any atom is -0.488 e. The molecule has 116 valence electrons. The number of hydrogen-bond donors (Lipinski definition) is 1. The zero-order chi connectivity index (χ0) is 15.4. The van der Waals surface area contributed by atoms with Gasteiger partial charge in [0.05, 0.1) is 0 Å². The highest BCUT2D eigenvalue weighted by molar-refractivity contribution is 6.00. The zero-order valence-corrected chi connectivity index (χ0v) is 13.2. The van der Waals surface area contributed by atoms with Crippen LogP contribution < -0.4 is 0 Å². The topological polar surface area (TPSA) is 55.8 Å². The minimum atomic E-state index is -0.726. The van der Waals surface area contributed by atoms with E-state index in [1.165, 1.54) is 18.3 Å². The molecule has 1 heterocycles. The molecule has 3 aliphatic rings. The van der Waals surface area contributed by atoms with E-state index in [0.29, 0.717) is 24.2 Å². The quantitative estimate of drug-likeness (QED) is 0.755. The molecule has 4 nitrogen and oxygen atoms in total. The number of Topliss-reactive ketones (excluding diaryl/α,β-unsaturated/α-hetero) is 1. The number of carbonyl (C=O) groups is 1. The second-order valence-corrected chi connectivity index (χ2v) is 6.88. The number of allylic oxidation sites excluding steroid dienone is 1. The molecule has 3 rings (SSSR count). The van der Waals surface area contributed by atoms with E-state index in [0.717, 1.165) is 12.8 Å². The van der Waals surface area contributed by atoms with E-state index < -0.39 is 12.2 Å². The van der Waals surface area contributed by atoms with Crippen LogP contribution in [0.25, 0.3) is 0 Å². The van der Waals surface area contributed by atoms with Crippen LogP contribution in [-0.4, -0.2) is 35.8 Å². The van der Waals surface area contributed by atoms with E-state index in [1.54, 1.807) is 0 Å². The number of hydrogen-bond acceptors (Lipinski definition) is 4. The fraction of sp³-hybridized carbons (Fsp3) is 0.706. The SMILES string of the molecule is COC1CC(O)C2=C(CC3C(=C(C)C)CCC3(C)O2)C1=O. The van der Waals surface area contributed by atoms with Gasteiger partial charge >= 0.3 is 0 Å². The van der Waals surface area contributed by atoms with Gasteiger partial charge in [0.15, 0.2) is 5.78 Å². The van der Waals surface area contributed by atoms with Crippen LogP contribution in [-0.2, 0) is 14.3 Å². The fourth-order valence-corrected chi connectivity index (χ4v) is 4.08. The normalized spacial score (nSPS) is 39.0. The number of fused-ring (bicyclic) bond motifs is 1. The summed E-state index contributed by atoms with van der Waals surface area (Å²) >= 11 is 0. The van der Waals surface area contributed by atoms with Gasteiger partial charge in [-0.2, -0.15) is 0 Å². The summed E-state index contributed by atoms with van der Waals surface area (Å²) in [5.74, 6) is 0.731. The number of rotatable bonds is 1. The molecule has 4 heteroatoms. The number of aliphatic hydroxyl groups excluding tert-OH is 1. The Balaban J connectivity index is 2.01. The molecule has 0 aromatic heterocycles. The molecule has 4 atom stereocenters. The Kier molecular flexibility index (Phi) is 3.49. The predicted molar refractivity (Wildman–Crippen MR) is 78.7 cm³/mol. The summed E-state index contributed by atoms with van der Waals surface area (Å²) in [5, 5.41) is 10.3. The van der Waals surface area contributed by atoms with Crippen molar-refractivity contribution in [3.05, 3.63) is 22.5 Å². The van der Waals surface area contributed by atoms with Crippen LogP contribution in [0.15, 0.2) is 22.5 Å². The summed E-state index contributed by atoms with van der Waals surface area (Å²) in [6.45, 7) is 6.36. The van der Waals surface area contributed by atoms with Crippen molar-refractivity contribution in [2.24, 2.45) is 5.92 Å². The van der Waals surface area contributed by atoms with E-state index in [4.69, 9.17) is 9.47 Å². The lowest BCUT2D eigenvalue weighted by atomic mass is 9.76. The molecule has 1 aliphatic heterocycles. The van der Waals surface area contributed by atoms with Crippen LogP contribution in [0.5, 0.6) is 0 Å². The third-order valence-corrected chi connectivity index (χ3v) is 5.35. The summed E-state index contributed by atoms with van der Waals surface area (Å²) in [7, 11) is 1.52. The fourth-order valence-electron chi connectivity index (χ4n) is 4.08. The maximum absolute atomic E-state index is 12.5. The lowest BCUT2D eigenvalue weighted by molar-refractivity contribution is -0.134. The van der Waals surface area contributed by atoms with Crippen molar-refractivity contribution in [3.8, 4) is 0 Å². The molecule has 2 aliphatic carbocycles. The van der Waals surface area contributed by atoms with Crippen molar-refractivity contribution in [3.63, 3.8) is 0 Å². The first-order valence-corrected chi connectivity index (χ1v) is 7.70. The van der Waals surface area contributed by atoms with Gasteiger partial charge in [-0.1, -0.05) is 11.1 Å². The summed E-state index contributed by atoms with van der Waals surface area (Å²) < 4.78 is 11.4. The number of methoxy groups -OCH3 is 1. The molecule has 0 saturated heterocycles. The van der Waals surface area contributed by atoms with Gasteiger partial charge in [0, 0.05) is 25.0 Å². The van der Waals surface area contributed by atoms with Gasteiger partial charge in [0.2, 0.25) is 0 Å². The Morgan fingerprint density at radius 3 is 2.76 bits per heavy atom. The molecular formula is C17H24O4. The van der Waals surface area contributed by atoms with Gasteiger partial charge in [0.1, 0.15) is 23.6 Å². The molecule has 0 aromatic rings. The Labute approximate surface area is 125 Å². The van der Waals surface area contributed by atoms with Gasteiger partial charge in [-0.25, -0.2) is 0 Å². The van der Waals surface area contributed by atoms with Crippen molar-refractivity contribution in [2.75, 3.05) is 7.11 Å². The first kappa shape index (κ1) is 14.8. The maximum Gasteiger partial charge on any atom is 0.191 e. The van der Waals surface area contributed by atoms with Crippen molar-refractivity contribution in [2.45, 2.75) is 64.3 Å². The van der Waals surface area contributed by atoms with E-state index in [9.17, 15) is 9.90 Å². The van der Waals surface area contributed by atoms with Crippen LogP contribution in [0.3, 0.4) is 0 Å². The summed E-state index contributed by atoms with van der Waals surface area (Å²) in [6.07, 6.45) is 1.66. The van der Waals surface area contributed by atoms with Crippen LogP contribution in [0, 0.1) is 5.92 Å². The molecule has 4 unspecified atom stereocenters. The highest BCUT2D eigenvalue weighted by Crippen LogP contribution is 2.52. The molecular weight excluding hydrogens is 268 g/mol. The predicted octanol–water partition coefficient (Wildman–Crippen LogP) is 2.51. The lowest BCUT2D eigenvalue weighted by Crippen LogP contribution is -2.46. The zero-order valence-electron chi connectivity index (χ0n) is 13.2. The van der Waals surface area contributed by atoms with Gasteiger partial charge in [-0.15, -0.1) is 0 Å². The Bertz CT molecular complexity index is 541. The summed E-state index contributed by atoms with van der Waals surface area (Å²) in [6, 6.07) is 0. The van der Waals surface area contributed by atoms with Crippen LogP contribution >= 0.6 is 0 Å². The van der Waals surface area contributed by atoms with Crippen molar-refractivity contribution in [1.29, 1.82) is 0 Å². The highest BCUT2D eigenvalue weighted by Gasteiger charge is 2.52. The molecule has 21 heavy (non-hydrogen) atoms. The number of aliphatic hydroxyl groups is 1. The summed E-state index contributed by atoms with van der Waals surface area (Å²) in [4.78, 5) is 12.5. The van der Waals surface area contributed by atoms with E-state index in [-0.39, 0.29) is 17.3 Å². The van der Waals surface area contributed by atoms with Gasteiger partial charge in [-0.05, 0) is 40.0 Å². The largest absolute Gasteiger partial charge is 0.488 e. The molecule has 1 fully saturated rings. The van der Waals surface area contributed by atoms with Crippen molar-refractivity contribution in [1.82, 2.24) is 0 Å². The van der Waals surface area contributed by atoms with Crippen LogP contribution in [0.4, 0.5) is 0 Å². The van der Waals surface area contributed by atoms with Gasteiger partial charge in [-0.3, -0.25) is 4.79 Å². The molecule has 0 amide bonds. The third-order valence-electron chi connectivity index (χ3n) is 5.35. The van der Waals surface area contributed by atoms with E-state index in [2.05, 4.69) is 20.8 Å². The first-order valence-electron chi connectivity index (χ1n) is 7.70. The molecule has 1 saturated carbocycles. The van der Waals surface area contributed by atoms with Crippen LogP contribution in [0.1, 0.15) is 46.5 Å². The lowest BCUT2D eigenvalue weighted by Gasteiger charge is -2.43. The maximum atomic E-state index is 12.5. The Morgan fingerprint density at radius 2 is 2.14 bits per heavy atom. The molecule has 0 bridgehead atoms. The number of carbonyl (C=O) groups excluding carboxylic acids is 1. The molecule has 0 spiro atoms. The molecule has 0 radical (unpaired) electrons. The Hall–Kier alpha value is -1.13. The molecule has 1 N–H and O–H groups in total. The van der Waals surface area contributed by atoms with Crippen molar-refractivity contribution >= 4 is 5.78 Å². The number of ketones is 1. The standard InChI is InChI=1S/C17H24O4/c1-9(2)10-5-6-17(3)12(10)7-11-15(19)14(20-4)8-13(18)16(11)21-17/h12-14,18H,5-8H2,1-4H3. The minimum absolute atomic E-state index is 0.0140. The average Bonchev–Trinajstić information content (AvgIpc) is 2.77. The number of ether oxygens (including phenoxy) is 2.